The van der Waals surface area contributed by atoms with Gasteiger partial charge in [-0.05, 0) is 43.9 Å². The minimum atomic E-state index is -0.721. The largest absolute Gasteiger partial charge is 0.481 e. The van der Waals surface area contributed by atoms with E-state index in [0.717, 1.165) is 70.6 Å². The monoisotopic (exact) mass is 408 g/mol. The van der Waals surface area contributed by atoms with Crippen molar-refractivity contribution in [3.05, 3.63) is 23.3 Å². The van der Waals surface area contributed by atoms with Crippen LogP contribution in [0.3, 0.4) is 0 Å². The van der Waals surface area contributed by atoms with E-state index in [1.807, 2.05) is 12.2 Å². The lowest BCUT2D eigenvalue weighted by atomic mass is 9.85. The number of carbonyl (C=O) groups is 1. The van der Waals surface area contributed by atoms with Crippen molar-refractivity contribution < 1.29 is 20.1 Å². The third kappa shape index (κ3) is 11.0. The zero-order valence-corrected chi connectivity index (χ0v) is 19.1. The fraction of sp³-hybridized carbons (Fsp3) is 0.800. The molecule has 3 N–H and O–H groups in total. The second-order valence-corrected chi connectivity index (χ2v) is 9.92. The van der Waals surface area contributed by atoms with Gasteiger partial charge in [-0.2, -0.15) is 0 Å². The average Bonchev–Trinajstić information content (AvgIpc) is 2.88. The van der Waals surface area contributed by atoms with Crippen molar-refractivity contribution in [3.8, 4) is 0 Å². The Morgan fingerprint density at radius 2 is 1.83 bits per heavy atom. The van der Waals surface area contributed by atoms with E-state index < -0.39 is 18.2 Å². The molecule has 4 heteroatoms. The maximum absolute atomic E-state index is 10.7. The molecular formula is C25H44O4. The Morgan fingerprint density at radius 1 is 1.14 bits per heavy atom. The van der Waals surface area contributed by atoms with Crippen LogP contribution >= 0.6 is 0 Å². The molecule has 1 aliphatic carbocycles. The summed E-state index contributed by atoms with van der Waals surface area (Å²) in [6.45, 7) is 8.86. The van der Waals surface area contributed by atoms with Crippen LogP contribution in [0.25, 0.3) is 0 Å². The van der Waals surface area contributed by atoms with Crippen LogP contribution in [0.5, 0.6) is 0 Å². The highest BCUT2D eigenvalue weighted by Gasteiger charge is 2.32. The van der Waals surface area contributed by atoms with Gasteiger partial charge in [0.05, 0.1) is 12.2 Å². The van der Waals surface area contributed by atoms with Gasteiger partial charge in [0.25, 0.3) is 0 Å². The molecule has 0 aromatic carbocycles. The SMILES string of the molecule is CCCCC[C@H](O)C=C[C@@H]1C(CCCCCCC(=O)O)=C(CC(C)(C)C)C[C@H]1O. The molecule has 0 bridgehead atoms. The average molecular weight is 409 g/mol. The first kappa shape index (κ1) is 25.9. The minimum Gasteiger partial charge on any atom is -0.481 e. The molecule has 0 unspecified atom stereocenters. The second-order valence-electron chi connectivity index (χ2n) is 9.92. The summed E-state index contributed by atoms with van der Waals surface area (Å²) < 4.78 is 0. The molecule has 0 saturated heterocycles. The molecule has 0 aliphatic heterocycles. The van der Waals surface area contributed by atoms with Crippen molar-refractivity contribution in [1.29, 1.82) is 0 Å². The van der Waals surface area contributed by atoms with Crippen LogP contribution in [-0.2, 0) is 4.79 Å². The summed E-state index contributed by atoms with van der Waals surface area (Å²) >= 11 is 0. The van der Waals surface area contributed by atoms with E-state index in [9.17, 15) is 15.0 Å². The van der Waals surface area contributed by atoms with Crippen molar-refractivity contribution in [2.45, 2.75) is 117 Å². The Balaban J connectivity index is 2.73. The normalized spacial score (nSPS) is 21.3. The number of rotatable bonds is 14. The zero-order valence-electron chi connectivity index (χ0n) is 19.1. The van der Waals surface area contributed by atoms with Crippen LogP contribution in [0, 0.1) is 11.3 Å². The lowest BCUT2D eigenvalue weighted by Crippen LogP contribution is -2.15. The van der Waals surface area contributed by atoms with Crippen molar-refractivity contribution in [2.75, 3.05) is 0 Å². The Hall–Kier alpha value is -1.13. The summed E-state index contributed by atoms with van der Waals surface area (Å²) in [5, 5.41) is 29.7. The predicted molar refractivity (Wildman–Crippen MR) is 120 cm³/mol. The first-order chi connectivity index (χ1) is 13.6. The summed E-state index contributed by atoms with van der Waals surface area (Å²) in [6, 6.07) is 0. The van der Waals surface area contributed by atoms with Crippen molar-refractivity contribution >= 4 is 5.97 Å². The van der Waals surface area contributed by atoms with E-state index in [1.165, 1.54) is 11.1 Å². The molecule has 0 spiro atoms. The van der Waals surface area contributed by atoms with Gasteiger partial charge in [-0.1, -0.05) is 83.1 Å². The molecular weight excluding hydrogens is 364 g/mol. The lowest BCUT2D eigenvalue weighted by Gasteiger charge is -2.21. The van der Waals surface area contributed by atoms with Gasteiger partial charge in [-0.15, -0.1) is 0 Å². The van der Waals surface area contributed by atoms with Gasteiger partial charge >= 0.3 is 5.97 Å². The van der Waals surface area contributed by atoms with Gasteiger partial charge in [0.15, 0.2) is 0 Å². The molecule has 0 fully saturated rings. The molecule has 0 aromatic rings. The first-order valence-corrected chi connectivity index (χ1v) is 11.6. The van der Waals surface area contributed by atoms with Crippen LogP contribution in [0.15, 0.2) is 23.3 Å². The molecule has 3 atom stereocenters. The Kier molecular flexibility index (Phi) is 11.8. The van der Waals surface area contributed by atoms with Crippen molar-refractivity contribution in [1.82, 2.24) is 0 Å². The minimum absolute atomic E-state index is 0.00666. The topological polar surface area (TPSA) is 77.8 Å². The van der Waals surface area contributed by atoms with E-state index in [-0.39, 0.29) is 17.8 Å². The molecule has 4 nitrogen and oxygen atoms in total. The summed E-state index contributed by atoms with van der Waals surface area (Å²) in [5.74, 6) is -0.714. The molecule has 0 aromatic heterocycles. The Labute approximate surface area is 178 Å². The number of hydrogen-bond acceptors (Lipinski definition) is 3. The second kappa shape index (κ2) is 13.2. The van der Waals surface area contributed by atoms with E-state index in [0.29, 0.717) is 0 Å². The molecule has 0 saturated carbocycles. The first-order valence-electron chi connectivity index (χ1n) is 11.6. The fourth-order valence-electron chi connectivity index (χ4n) is 4.29. The number of carboxylic acids is 1. The molecule has 0 heterocycles. The van der Waals surface area contributed by atoms with Crippen LogP contribution in [0.2, 0.25) is 0 Å². The van der Waals surface area contributed by atoms with Gasteiger partial charge in [0.1, 0.15) is 0 Å². The highest BCUT2D eigenvalue weighted by Crippen LogP contribution is 2.41. The lowest BCUT2D eigenvalue weighted by molar-refractivity contribution is -0.137. The number of hydrogen-bond donors (Lipinski definition) is 3. The standard InChI is InChI=1S/C25H44O4/c1-5-6-9-12-20(26)15-16-22-21(13-10-7-8-11-14-24(28)29)19(17-23(22)27)18-25(2,3)4/h15-16,20,22-23,26-27H,5-14,17-18H2,1-4H3,(H,28,29)/t20-,22+,23+/m0/s1. The highest BCUT2D eigenvalue weighted by atomic mass is 16.4. The van der Waals surface area contributed by atoms with E-state index >= 15 is 0 Å². The van der Waals surface area contributed by atoms with Crippen molar-refractivity contribution in [2.24, 2.45) is 11.3 Å². The van der Waals surface area contributed by atoms with Crippen molar-refractivity contribution in [3.63, 3.8) is 0 Å². The van der Waals surface area contributed by atoms with Gasteiger partial charge < -0.3 is 15.3 Å². The van der Waals surface area contributed by atoms with E-state index in [2.05, 4.69) is 27.7 Å². The molecule has 1 aliphatic rings. The van der Waals surface area contributed by atoms with Crippen LogP contribution in [0.1, 0.15) is 105 Å². The summed E-state index contributed by atoms with van der Waals surface area (Å²) in [7, 11) is 0. The maximum atomic E-state index is 10.7. The predicted octanol–water partition coefficient (Wildman–Crippen LogP) is 6.02. The molecule has 168 valence electrons. The summed E-state index contributed by atoms with van der Waals surface area (Å²) in [6.07, 6.45) is 13.8. The van der Waals surface area contributed by atoms with Gasteiger partial charge in [0, 0.05) is 12.3 Å². The smallest absolute Gasteiger partial charge is 0.303 e. The summed E-state index contributed by atoms with van der Waals surface area (Å²) in [5.41, 5.74) is 2.91. The van der Waals surface area contributed by atoms with Crippen LogP contribution in [0.4, 0.5) is 0 Å². The van der Waals surface area contributed by atoms with E-state index in [1.54, 1.807) is 0 Å². The Bertz CT molecular complexity index is 542. The van der Waals surface area contributed by atoms with Gasteiger partial charge in [-0.25, -0.2) is 0 Å². The maximum Gasteiger partial charge on any atom is 0.303 e. The fourth-order valence-corrected chi connectivity index (χ4v) is 4.29. The third-order valence-corrected chi connectivity index (χ3v) is 5.70. The van der Waals surface area contributed by atoms with E-state index in [4.69, 9.17) is 5.11 Å². The number of carboxylic acid groups (broad SMARTS) is 1. The zero-order chi connectivity index (χ0) is 21.9. The number of aliphatic hydroxyl groups excluding tert-OH is 2. The highest BCUT2D eigenvalue weighted by molar-refractivity contribution is 5.66. The van der Waals surface area contributed by atoms with Crippen LogP contribution < -0.4 is 0 Å². The molecule has 0 amide bonds. The van der Waals surface area contributed by atoms with Gasteiger partial charge in [0.2, 0.25) is 0 Å². The Morgan fingerprint density at radius 3 is 2.45 bits per heavy atom. The van der Waals surface area contributed by atoms with Gasteiger partial charge in [-0.3, -0.25) is 4.79 Å². The van der Waals surface area contributed by atoms with Crippen LogP contribution in [-0.4, -0.2) is 33.5 Å². The number of aliphatic hydroxyl groups is 2. The molecule has 0 radical (unpaired) electrons. The molecule has 1 rings (SSSR count). The molecule has 29 heavy (non-hydrogen) atoms. The quantitative estimate of drug-likeness (QED) is 0.242. The number of aliphatic carboxylic acids is 1. The summed E-state index contributed by atoms with van der Waals surface area (Å²) in [4.78, 5) is 10.6. The third-order valence-electron chi connectivity index (χ3n) is 5.70. The number of unbranched alkanes of at least 4 members (excludes halogenated alkanes) is 5.